The van der Waals surface area contributed by atoms with E-state index in [2.05, 4.69) is 32.9 Å². The summed E-state index contributed by atoms with van der Waals surface area (Å²) in [6, 6.07) is 4.59. The van der Waals surface area contributed by atoms with Crippen molar-refractivity contribution in [3.8, 4) is 0 Å². The molecule has 106 valence electrons. The topological polar surface area (TPSA) is 46.0 Å². The van der Waals surface area contributed by atoms with Crippen LogP contribution in [-0.4, -0.2) is 52.7 Å². The smallest absolute Gasteiger partial charge is 0.160 e. The third-order valence-corrected chi connectivity index (χ3v) is 4.63. The van der Waals surface area contributed by atoms with Crippen molar-refractivity contribution in [1.82, 2.24) is 24.8 Å². The number of likely N-dealkylation sites (N-methyl/N-ethyl adjacent to an activating group) is 1. The van der Waals surface area contributed by atoms with E-state index in [0.717, 1.165) is 30.8 Å². The summed E-state index contributed by atoms with van der Waals surface area (Å²) in [5.41, 5.74) is 2.11. The predicted octanol–water partition coefficient (Wildman–Crippen LogP) is 1.38. The van der Waals surface area contributed by atoms with Gasteiger partial charge in [0.05, 0.1) is 6.04 Å². The molecule has 20 heavy (non-hydrogen) atoms. The van der Waals surface area contributed by atoms with Crippen molar-refractivity contribution in [3.63, 3.8) is 0 Å². The van der Waals surface area contributed by atoms with Gasteiger partial charge in [-0.2, -0.15) is 0 Å². The lowest BCUT2D eigenvalue weighted by atomic mass is 10.1. The van der Waals surface area contributed by atoms with Gasteiger partial charge < -0.3 is 14.8 Å². The van der Waals surface area contributed by atoms with Gasteiger partial charge in [-0.05, 0) is 45.1 Å². The molecular formula is C15H21N5. The molecule has 2 aliphatic rings. The molecule has 2 atom stereocenters. The highest BCUT2D eigenvalue weighted by atomic mass is 15.2. The van der Waals surface area contributed by atoms with Crippen LogP contribution in [0, 0.1) is 0 Å². The van der Waals surface area contributed by atoms with Crippen molar-refractivity contribution >= 4 is 11.2 Å². The number of fused-ring (bicyclic) bond motifs is 1. The van der Waals surface area contributed by atoms with Gasteiger partial charge in [0, 0.05) is 25.2 Å². The fourth-order valence-corrected chi connectivity index (χ4v) is 3.59. The summed E-state index contributed by atoms with van der Waals surface area (Å²) < 4.78 is 2.43. The van der Waals surface area contributed by atoms with Gasteiger partial charge in [-0.25, -0.2) is 9.97 Å². The van der Waals surface area contributed by atoms with Crippen molar-refractivity contribution < 1.29 is 0 Å². The fourth-order valence-electron chi connectivity index (χ4n) is 3.59. The third-order valence-electron chi connectivity index (χ3n) is 4.63. The van der Waals surface area contributed by atoms with Crippen LogP contribution in [0.1, 0.15) is 30.6 Å². The Morgan fingerprint density at radius 3 is 3.05 bits per heavy atom. The minimum atomic E-state index is 0.524. The first-order valence-electron chi connectivity index (χ1n) is 7.55. The minimum absolute atomic E-state index is 0.524. The zero-order valence-corrected chi connectivity index (χ0v) is 11.9. The standard InChI is InChI=1S/C15H21N5/c1-19-8-5-12(10-19)20-14(11-4-7-16-9-11)18-13-3-2-6-17-15(13)20/h2-3,6,11-12,16H,4-5,7-10H2,1H3. The Bertz CT molecular complexity index is 614. The Morgan fingerprint density at radius 2 is 2.30 bits per heavy atom. The average molecular weight is 271 g/mol. The SMILES string of the molecule is CN1CCC(n2c(C3CCNC3)nc3cccnc32)C1. The molecule has 2 aromatic rings. The van der Waals surface area contributed by atoms with E-state index in [0.29, 0.717) is 12.0 Å². The van der Waals surface area contributed by atoms with Gasteiger partial charge in [0.25, 0.3) is 0 Å². The van der Waals surface area contributed by atoms with Crippen LogP contribution in [0.5, 0.6) is 0 Å². The number of hydrogen-bond acceptors (Lipinski definition) is 4. The van der Waals surface area contributed by atoms with E-state index >= 15 is 0 Å². The molecular weight excluding hydrogens is 250 g/mol. The van der Waals surface area contributed by atoms with Gasteiger partial charge in [-0.1, -0.05) is 0 Å². The van der Waals surface area contributed by atoms with Crippen LogP contribution in [-0.2, 0) is 0 Å². The number of rotatable bonds is 2. The van der Waals surface area contributed by atoms with Gasteiger partial charge in [0.15, 0.2) is 5.65 Å². The summed E-state index contributed by atoms with van der Waals surface area (Å²) in [5, 5.41) is 3.46. The molecule has 0 saturated carbocycles. The number of nitrogens with one attached hydrogen (secondary N) is 1. The summed E-state index contributed by atoms with van der Waals surface area (Å²) >= 11 is 0. The minimum Gasteiger partial charge on any atom is -0.316 e. The van der Waals surface area contributed by atoms with Gasteiger partial charge >= 0.3 is 0 Å². The molecule has 2 fully saturated rings. The number of hydrogen-bond donors (Lipinski definition) is 1. The zero-order valence-electron chi connectivity index (χ0n) is 11.9. The lowest BCUT2D eigenvalue weighted by molar-refractivity contribution is 0.389. The Morgan fingerprint density at radius 1 is 1.35 bits per heavy atom. The van der Waals surface area contributed by atoms with E-state index in [1.807, 2.05) is 12.3 Å². The van der Waals surface area contributed by atoms with Crippen LogP contribution in [0.15, 0.2) is 18.3 Å². The van der Waals surface area contributed by atoms with Crippen LogP contribution in [0.4, 0.5) is 0 Å². The largest absolute Gasteiger partial charge is 0.316 e. The molecule has 0 spiro atoms. The monoisotopic (exact) mass is 271 g/mol. The Kier molecular flexibility index (Phi) is 2.97. The molecule has 4 rings (SSSR count). The lowest BCUT2D eigenvalue weighted by Crippen LogP contribution is -2.20. The molecule has 5 heteroatoms. The van der Waals surface area contributed by atoms with Gasteiger partial charge in [-0.3, -0.25) is 0 Å². The van der Waals surface area contributed by atoms with E-state index < -0.39 is 0 Å². The molecule has 0 amide bonds. The molecule has 2 unspecified atom stereocenters. The van der Waals surface area contributed by atoms with E-state index in [4.69, 9.17) is 4.98 Å². The van der Waals surface area contributed by atoms with E-state index in [1.54, 1.807) is 0 Å². The van der Waals surface area contributed by atoms with Gasteiger partial charge in [-0.15, -0.1) is 0 Å². The number of pyridine rings is 1. The first-order valence-corrected chi connectivity index (χ1v) is 7.55. The molecule has 1 N–H and O–H groups in total. The Balaban J connectivity index is 1.84. The Hall–Kier alpha value is -1.46. The molecule has 0 aliphatic carbocycles. The highest BCUT2D eigenvalue weighted by Crippen LogP contribution is 2.31. The maximum absolute atomic E-state index is 4.91. The zero-order chi connectivity index (χ0) is 13.5. The fraction of sp³-hybridized carbons (Fsp3) is 0.600. The molecule has 0 bridgehead atoms. The number of imidazole rings is 1. The summed E-state index contributed by atoms with van der Waals surface area (Å²) in [5.74, 6) is 1.78. The summed E-state index contributed by atoms with van der Waals surface area (Å²) in [7, 11) is 2.20. The maximum Gasteiger partial charge on any atom is 0.160 e. The second-order valence-electron chi connectivity index (χ2n) is 6.08. The normalized spacial score (nSPS) is 27.6. The molecule has 0 aromatic carbocycles. The molecule has 5 nitrogen and oxygen atoms in total. The second-order valence-corrected chi connectivity index (χ2v) is 6.08. The van der Waals surface area contributed by atoms with Crippen LogP contribution in [0.2, 0.25) is 0 Å². The summed E-state index contributed by atoms with van der Waals surface area (Å²) in [4.78, 5) is 11.9. The van der Waals surface area contributed by atoms with Crippen LogP contribution >= 0.6 is 0 Å². The van der Waals surface area contributed by atoms with Gasteiger partial charge in [0.1, 0.15) is 11.3 Å². The number of nitrogens with zero attached hydrogens (tertiary/aromatic N) is 4. The maximum atomic E-state index is 4.91. The van der Waals surface area contributed by atoms with E-state index in [9.17, 15) is 0 Å². The van der Waals surface area contributed by atoms with Crippen molar-refractivity contribution in [2.75, 3.05) is 33.2 Å². The van der Waals surface area contributed by atoms with Crippen molar-refractivity contribution in [2.24, 2.45) is 0 Å². The number of aromatic nitrogens is 3. The van der Waals surface area contributed by atoms with Crippen molar-refractivity contribution in [3.05, 3.63) is 24.2 Å². The average Bonchev–Trinajstić information content (AvgIpc) is 3.16. The third kappa shape index (κ3) is 1.93. The van der Waals surface area contributed by atoms with Crippen LogP contribution in [0.25, 0.3) is 11.2 Å². The number of likely N-dealkylation sites (tertiary alicyclic amines) is 1. The van der Waals surface area contributed by atoms with E-state index in [1.165, 1.54) is 25.2 Å². The lowest BCUT2D eigenvalue weighted by Gasteiger charge is -2.18. The van der Waals surface area contributed by atoms with Crippen LogP contribution < -0.4 is 5.32 Å². The van der Waals surface area contributed by atoms with Crippen LogP contribution in [0.3, 0.4) is 0 Å². The van der Waals surface area contributed by atoms with Crippen molar-refractivity contribution in [1.29, 1.82) is 0 Å². The molecule has 2 aliphatic heterocycles. The Labute approximate surface area is 119 Å². The first kappa shape index (κ1) is 12.3. The summed E-state index contributed by atoms with van der Waals surface area (Å²) in [6.45, 7) is 4.42. The van der Waals surface area contributed by atoms with E-state index in [-0.39, 0.29) is 0 Å². The molecule has 2 saturated heterocycles. The quantitative estimate of drug-likeness (QED) is 0.896. The highest BCUT2D eigenvalue weighted by molar-refractivity contribution is 5.71. The van der Waals surface area contributed by atoms with Crippen molar-refractivity contribution in [2.45, 2.75) is 24.8 Å². The molecule has 4 heterocycles. The molecule has 0 radical (unpaired) electrons. The second kappa shape index (κ2) is 4.82. The summed E-state index contributed by atoms with van der Waals surface area (Å²) in [6.07, 6.45) is 4.27. The van der Waals surface area contributed by atoms with Gasteiger partial charge in [0.2, 0.25) is 0 Å². The highest BCUT2D eigenvalue weighted by Gasteiger charge is 2.30. The first-order chi connectivity index (χ1) is 9.83. The molecule has 2 aromatic heterocycles. The predicted molar refractivity (Wildman–Crippen MR) is 78.9 cm³/mol.